The molecule has 1 aromatic carbocycles. The number of hydrogen-bond acceptors (Lipinski definition) is 5. The van der Waals surface area contributed by atoms with Gasteiger partial charge in [0.2, 0.25) is 5.95 Å². The van der Waals surface area contributed by atoms with E-state index in [2.05, 4.69) is 20.6 Å². The molecule has 6 nitrogen and oxygen atoms in total. The minimum absolute atomic E-state index is 0.0130. The van der Waals surface area contributed by atoms with Gasteiger partial charge >= 0.3 is 0 Å². The van der Waals surface area contributed by atoms with Crippen LogP contribution in [-0.2, 0) is 0 Å². The quantitative estimate of drug-likeness (QED) is 0.801. The van der Waals surface area contributed by atoms with Crippen LogP contribution in [0.25, 0.3) is 0 Å². The topological polar surface area (TPSA) is 84.0 Å². The SMILES string of the molecule is CCCNc1nc(C)cc(C(=O)Nc2ccc(C(C)=O)cc2)n1. The van der Waals surface area contributed by atoms with Crippen LogP contribution in [0.2, 0.25) is 0 Å². The van der Waals surface area contributed by atoms with Gasteiger partial charge in [0.15, 0.2) is 5.78 Å². The highest BCUT2D eigenvalue weighted by molar-refractivity contribution is 6.03. The normalized spacial score (nSPS) is 10.2. The van der Waals surface area contributed by atoms with Crippen molar-refractivity contribution >= 4 is 23.3 Å². The molecule has 0 bridgehead atoms. The van der Waals surface area contributed by atoms with Crippen LogP contribution in [0.15, 0.2) is 30.3 Å². The minimum Gasteiger partial charge on any atom is -0.354 e. The summed E-state index contributed by atoms with van der Waals surface area (Å²) in [6, 6.07) is 8.38. The van der Waals surface area contributed by atoms with E-state index in [0.717, 1.165) is 18.7 Å². The van der Waals surface area contributed by atoms with Gasteiger partial charge in [-0.25, -0.2) is 9.97 Å². The Hall–Kier alpha value is -2.76. The Bertz CT molecular complexity index is 711. The van der Waals surface area contributed by atoms with E-state index in [1.54, 1.807) is 30.3 Å². The molecule has 0 spiro atoms. The van der Waals surface area contributed by atoms with Crippen LogP contribution >= 0.6 is 0 Å². The lowest BCUT2D eigenvalue weighted by molar-refractivity contribution is 0.101. The number of nitrogens with one attached hydrogen (secondary N) is 2. The van der Waals surface area contributed by atoms with Gasteiger partial charge in [0, 0.05) is 23.5 Å². The highest BCUT2D eigenvalue weighted by Crippen LogP contribution is 2.12. The fraction of sp³-hybridized carbons (Fsp3) is 0.294. The van der Waals surface area contributed by atoms with Crippen molar-refractivity contribution < 1.29 is 9.59 Å². The maximum absolute atomic E-state index is 12.3. The number of Topliss-reactive ketones (excluding diaryl/α,β-unsaturated/α-hetero) is 1. The van der Waals surface area contributed by atoms with Gasteiger partial charge in [0.1, 0.15) is 5.69 Å². The number of ketones is 1. The first-order valence-electron chi connectivity index (χ1n) is 7.51. The summed E-state index contributed by atoms with van der Waals surface area (Å²) in [5, 5.41) is 5.84. The third-order valence-electron chi connectivity index (χ3n) is 3.17. The molecule has 6 heteroatoms. The second-order valence-electron chi connectivity index (χ2n) is 5.23. The number of nitrogens with zero attached hydrogens (tertiary/aromatic N) is 2. The van der Waals surface area contributed by atoms with E-state index in [4.69, 9.17) is 0 Å². The molecule has 2 rings (SSSR count). The average Bonchev–Trinajstić information content (AvgIpc) is 2.53. The van der Waals surface area contributed by atoms with E-state index in [9.17, 15) is 9.59 Å². The number of benzene rings is 1. The first kappa shape index (κ1) is 16.6. The Labute approximate surface area is 135 Å². The molecule has 2 N–H and O–H groups in total. The van der Waals surface area contributed by atoms with Gasteiger partial charge in [-0.05, 0) is 50.6 Å². The Morgan fingerprint density at radius 3 is 2.43 bits per heavy atom. The van der Waals surface area contributed by atoms with Crippen molar-refractivity contribution in [2.75, 3.05) is 17.2 Å². The van der Waals surface area contributed by atoms with Crippen LogP contribution in [0.4, 0.5) is 11.6 Å². The molecule has 0 saturated carbocycles. The Morgan fingerprint density at radius 2 is 1.83 bits per heavy atom. The molecule has 0 radical (unpaired) electrons. The zero-order chi connectivity index (χ0) is 16.8. The van der Waals surface area contributed by atoms with Gasteiger partial charge in [0.05, 0.1) is 0 Å². The fourth-order valence-corrected chi connectivity index (χ4v) is 1.98. The van der Waals surface area contributed by atoms with E-state index in [-0.39, 0.29) is 11.7 Å². The lowest BCUT2D eigenvalue weighted by atomic mass is 10.1. The van der Waals surface area contributed by atoms with E-state index in [0.29, 0.717) is 22.9 Å². The molecule has 2 aromatic rings. The monoisotopic (exact) mass is 312 g/mol. The number of anilines is 2. The van der Waals surface area contributed by atoms with Gasteiger partial charge in [-0.15, -0.1) is 0 Å². The number of rotatable bonds is 6. The molecule has 1 heterocycles. The molecule has 0 unspecified atom stereocenters. The minimum atomic E-state index is -0.314. The zero-order valence-corrected chi connectivity index (χ0v) is 13.5. The summed E-state index contributed by atoms with van der Waals surface area (Å²) in [5.41, 5.74) is 2.23. The van der Waals surface area contributed by atoms with Gasteiger partial charge < -0.3 is 10.6 Å². The van der Waals surface area contributed by atoms with Gasteiger partial charge in [0.25, 0.3) is 5.91 Å². The van der Waals surface area contributed by atoms with Crippen molar-refractivity contribution in [2.45, 2.75) is 27.2 Å². The van der Waals surface area contributed by atoms with E-state index in [1.165, 1.54) is 6.92 Å². The zero-order valence-electron chi connectivity index (χ0n) is 13.5. The third kappa shape index (κ3) is 4.60. The molecule has 0 atom stereocenters. The molecular formula is C17H20N4O2. The number of aryl methyl sites for hydroxylation is 1. The maximum atomic E-state index is 12.3. The summed E-state index contributed by atoms with van der Waals surface area (Å²) >= 11 is 0. The van der Waals surface area contributed by atoms with Gasteiger partial charge in [-0.3, -0.25) is 9.59 Å². The van der Waals surface area contributed by atoms with Crippen molar-refractivity contribution in [3.05, 3.63) is 47.3 Å². The second kappa shape index (κ2) is 7.49. The van der Waals surface area contributed by atoms with Gasteiger partial charge in [-0.1, -0.05) is 6.92 Å². The molecule has 0 saturated heterocycles. The molecular weight excluding hydrogens is 292 g/mol. The van der Waals surface area contributed by atoms with E-state index < -0.39 is 0 Å². The number of hydrogen-bond donors (Lipinski definition) is 2. The van der Waals surface area contributed by atoms with Crippen LogP contribution in [0.3, 0.4) is 0 Å². The molecule has 1 aromatic heterocycles. The van der Waals surface area contributed by atoms with Crippen LogP contribution < -0.4 is 10.6 Å². The summed E-state index contributed by atoms with van der Waals surface area (Å²) in [5.74, 6) is 0.121. The van der Waals surface area contributed by atoms with Crippen LogP contribution in [0.1, 0.15) is 46.8 Å². The Kier molecular flexibility index (Phi) is 5.41. The Balaban J connectivity index is 2.13. The lowest BCUT2D eigenvalue weighted by Crippen LogP contribution is -2.16. The molecule has 0 fully saturated rings. The maximum Gasteiger partial charge on any atom is 0.274 e. The summed E-state index contributed by atoms with van der Waals surface area (Å²) in [4.78, 5) is 32.0. The number of aromatic nitrogens is 2. The first-order valence-corrected chi connectivity index (χ1v) is 7.51. The highest BCUT2D eigenvalue weighted by Gasteiger charge is 2.11. The molecule has 0 aliphatic heterocycles. The van der Waals surface area contributed by atoms with Gasteiger partial charge in [-0.2, -0.15) is 0 Å². The average molecular weight is 312 g/mol. The van der Waals surface area contributed by atoms with Crippen LogP contribution in [-0.4, -0.2) is 28.2 Å². The summed E-state index contributed by atoms with van der Waals surface area (Å²) in [6.07, 6.45) is 0.946. The van der Waals surface area contributed by atoms with Crippen molar-refractivity contribution in [3.63, 3.8) is 0 Å². The largest absolute Gasteiger partial charge is 0.354 e. The second-order valence-corrected chi connectivity index (χ2v) is 5.23. The smallest absolute Gasteiger partial charge is 0.274 e. The molecule has 23 heavy (non-hydrogen) atoms. The number of carbonyl (C=O) groups excluding carboxylic acids is 2. The molecule has 0 aliphatic rings. The molecule has 120 valence electrons. The summed E-state index contributed by atoms with van der Waals surface area (Å²) < 4.78 is 0. The van der Waals surface area contributed by atoms with Crippen molar-refractivity contribution in [1.29, 1.82) is 0 Å². The molecule has 0 aliphatic carbocycles. The summed E-state index contributed by atoms with van der Waals surface area (Å²) in [6.45, 7) is 6.11. The highest BCUT2D eigenvalue weighted by atomic mass is 16.2. The van der Waals surface area contributed by atoms with E-state index in [1.807, 2.05) is 13.8 Å². The van der Waals surface area contributed by atoms with Crippen LogP contribution in [0.5, 0.6) is 0 Å². The molecule has 1 amide bonds. The third-order valence-corrected chi connectivity index (χ3v) is 3.17. The van der Waals surface area contributed by atoms with Crippen molar-refractivity contribution in [3.8, 4) is 0 Å². The lowest BCUT2D eigenvalue weighted by Gasteiger charge is -2.08. The van der Waals surface area contributed by atoms with Crippen molar-refractivity contribution in [1.82, 2.24) is 9.97 Å². The summed E-state index contributed by atoms with van der Waals surface area (Å²) in [7, 11) is 0. The van der Waals surface area contributed by atoms with Crippen LogP contribution in [0, 0.1) is 6.92 Å². The van der Waals surface area contributed by atoms with Crippen molar-refractivity contribution in [2.24, 2.45) is 0 Å². The fourth-order valence-electron chi connectivity index (χ4n) is 1.98. The predicted octanol–water partition coefficient (Wildman–Crippen LogP) is 3.06. The number of amides is 1. The predicted molar refractivity (Wildman–Crippen MR) is 89.9 cm³/mol. The standard InChI is InChI=1S/C17H20N4O2/c1-4-9-18-17-19-11(2)10-15(21-17)16(23)20-14-7-5-13(6-8-14)12(3)22/h5-8,10H,4,9H2,1-3H3,(H,20,23)(H,18,19,21). The Morgan fingerprint density at radius 1 is 1.13 bits per heavy atom. The number of carbonyl (C=O) groups is 2. The van der Waals surface area contributed by atoms with E-state index >= 15 is 0 Å². The first-order chi connectivity index (χ1) is 11.0.